The number of nitrogens with one attached hydrogen (secondary N) is 1. The zero-order valence-electron chi connectivity index (χ0n) is 11.5. The first kappa shape index (κ1) is 16.0. The van der Waals surface area contributed by atoms with Gasteiger partial charge in [-0.2, -0.15) is 0 Å². The monoisotopic (exact) mass is 282 g/mol. The van der Waals surface area contributed by atoms with E-state index in [1.165, 1.54) is 12.8 Å². The van der Waals surface area contributed by atoms with Gasteiger partial charge in [-0.25, -0.2) is 0 Å². The highest BCUT2D eigenvalue weighted by Gasteiger charge is 2.27. The van der Waals surface area contributed by atoms with E-state index in [0.717, 1.165) is 31.1 Å². The number of benzene rings is 1. The summed E-state index contributed by atoms with van der Waals surface area (Å²) in [4.78, 5) is 14.2. The van der Waals surface area contributed by atoms with E-state index in [9.17, 15) is 4.79 Å². The minimum Gasteiger partial charge on any atom is -0.320 e. The molecule has 2 rings (SSSR count). The van der Waals surface area contributed by atoms with Crippen LogP contribution in [0.3, 0.4) is 0 Å². The van der Waals surface area contributed by atoms with Crippen LogP contribution < -0.4 is 10.2 Å². The molecule has 0 aliphatic heterocycles. The Kier molecular flexibility index (Phi) is 6.89. The molecule has 0 saturated heterocycles. The summed E-state index contributed by atoms with van der Waals surface area (Å²) in [6.07, 6.45) is 4.08. The molecule has 0 bridgehead atoms. The molecule has 1 aliphatic carbocycles. The smallest absolute Gasteiger partial charge is 0.227 e. The second kappa shape index (κ2) is 8.18. The molecule has 106 valence electrons. The lowest BCUT2D eigenvalue weighted by molar-refractivity contribution is -0.118. The van der Waals surface area contributed by atoms with Gasteiger partial charge in [0.15, 0.2) is 0 Å². The average molecular weight is 283 g/mol. The number of hydrogen-bond acceptors (Lipinski definition) is 2. The molecule has 1 amide bonds. The second-order valence-electron chi connectivity index (χ2n) is 4.99. The van der Waals surface area contributed by atoms with Gasteiger partial charge in [0.2, 0.25) is 5.91 Å². The highest BCUT2D eigenvalue weighted by molar-refractivity contribution is 5.93. The predicted molar refractivity (Wildman–Crippen MR) is 81.9 cm³/mol. The Hall–Kier alpha value is -1.06. The van der Waals surface area contributed by atoms with Gasteiger partial charge >= 0.3 is 0 Å². The van der Waals surface area contributed by atoms with Crippen LogP contribution in [0.15, 0.2) is 30.3 Å². The molecule has 0 aromatic heterocycles. The van der Waals surface area contributed by atoms with Crippen LogP contribution in [0.5, 0.6) is 0 Å². The van der Waals surface area contributed by atoms with Crippen molar-refractivity contribution >= 4 is 24.0 Å². The zero-order valence-corrected chi connectivity index (χ0v) is 12.3. The van der Waals surface area contributed by atoms with Crippen molar-refractivity contribution in [2.45, 2.75) is 25.7 Å². The molecule has 1 saturated carbocycles. The van der Waals surface area contributed by atoms with E-state index in [1.807, 2.05) is 42.3 Å². The van der Waals surface area contributed by atoms with E-state index in [1.54, 1.807) is 0 Å². The van der Waals surface area contributed by atoms with Crippen molar-refractivity contribution in [3.63, 3.8) is 0 Å². The topological polar surface area (TPSA) is 32.3 Å². The molecule has 19 heavy (non-hydrogen) atoms. The molecule has 0 radical (unpaired) electrons. The maximum absolute atomic E-state index is 12.3. The third-order valence-electron chi connectivity index (χ3n) is 3.32. The highest BCUT2D eigenvalue weighted by Crippen LogP contribution is 2.31. The summed E-state index contributed by atoms with van der Waals surface area (Å²) in [5.74, 6) is 0.974. The quantitative estimate of drug-likeness (QED) is 0.780. The lowest BCUT2D eigenvalue weighted by Gasteiger charge is -2.23. The number of carbonyl (C=O) groups is 1. The van der Waals surface area contributed by atoms with Gasteiger partial charge in [0.05, 0.1) is 0 Å². The van der Waals surface area contributed by atoms with Crippen molar-refractivity contribution in [3.8, 4) is 0 Å². The Labute approximate surface area is 121 Å². The molecule has 3 nitrogen and oxygen atoms in total. The summed E-state index contributed by atoms with van der Waals surface area (Å²) in [6.45, 7) is 1.79. The number of nitrogens with zero attached hydrogens (tertiary/aromatic N) is 1. The fraction of sp³-hybridized carbons (Fsp3) is 0.533. The third kappa shape index (κ3) is 5.21. The number of hydrogen-bond donors (Lipinski definition) is 1. The Bertz CT molecular complexity index is 379. The van der Waals surface area contributed by atoms with Crippen LogP contribution in [0.1, 0.15) is 25.7 Å². The first-order valence-corrected chi connectivity index (χ1v) is 6.81. The molecule has 0 spiro atoms. The van der Waals surface area contributed by atoms with E-state index in [0.29, 0.717) is 6.42 Å². The maximum atomic E-state index is 12.3. The minimum absolute atomic E-state index is 0. The summed E-state index contributed by atoms with van der Waals surface area (Å²) in [7, 11) is 1.92. The van der Waals surface area contributed by atoms with Gasteiger partial charge in [-0.1, -0.05) is 18.2 Å². The van der Waals surface area contributed by atoms with E-state index in [4.69, 9.17) is 0 Å². The number of anilines is 1. The van der Waals surface area contributed by atoms with E-state index < -0.39 is 0 Å². The molecule has 4 heteroatoms. The van der Waals surface area contributed by atoms with E-state index in [2.05, 4.69) is 5.32 Å². The molecule has 1 aromatic rings. The number of halogens is 1. The zero-order chi connectivity index (χ0) is 12.8. The van der Waals surface area contributed by atoms with Crippen LogP contribution in [0.2, 0.25) is 0 Å². The first-order valence-electron chi connectivity index (χ1n) is 6.81. The third-order valence-corrected chi connectivity index (χ3v) is 3.32. The largest absolute Gasteiger partial charge is 0.320 e. The maximum Gasteiger partial charge on any atom is 0.227 e. The van der Waals surface area contributed by atoms with Crippen LogP contribution in [-0.4, -0.2) is 26.0 Å². The van der Waals surface area contributed by atoms with Gasteiger partial charge in [-0.3, -0.25) is 4.79 Å². The van der Waals surface area contributed by atoms with Gasteiger partial charge in [0, 0.05) is 18.7 Å². The molecule has 1 N–H and O–H groups in total. The van der Waals surface area contributed by atoms with E-state index in [-0.39, 0.29) is 18.3 Å². The van der Waals surface area contributed by atoms with Crippen LogP contribution in [0.4, 0.5) is 5.69 Å². The molecule has 1 aliphatic rings. The number of carbonyl (C=O) groups excluding carboxylic acids is 1. The summed E-state index contributed by atoms with van der Waals surface area (Å²) < 4.78 is 0. The van der Waals surface area contributed by atoms with Crippen molar-refractivity contribution < 1.29 is 4.79 Å². The van der Waals surface area contributed by atoms with Crippen molar-refractivity contribution in [2.75, 3.05) is 25.0 Å². The van der Waals surface area contributed by atoms with E-state index >= 15 is 0 Å². The van der Waals surface area contributed by atoms with Crippen LogP contribution in [0, 0.1) is 5.92 Å². The van der Waals surface area contributed by atoms with Crippen molar-refractivity contribution in [1.29, 1.82) is 0 Å². The van der Waals surface area contributed by atoms with Gasteiger partial charge in [-0.15, -0.1) is 12.4 Å². The number of amides is 1. The standard InChI is InChI=1S/C15H22N2O.ClH/c1-16-11-5-8-15(18)17(12-13-9-10-13)14-6-3-2-4-7-14;/h2-4,6-7,13,16H,5,8-12H2,1H3;1H. The average Bonchev–Trinajstić information content (AvgIpc) is 3.21. The molecular weight excluding hydrogens is 260 g/mol. The molecule has 0 atom stereocenters. The fourth-order valence-electron chi connectivity index (χ4n) is 2.07. The SMILES string of the molecule is CNCCCC(=O)N(CC1CC1)c1ccccc1.Cl. The fourth-order valence-corrected chi connectivity index (χ4v) is 2.07. The second-order valence-corrected chi connectivity index (χ2v) is 4.99. The molecule has 0 unspecified atom stereocenters. The van der Waals surface area contributed by atoms with Gasteiger partial charge in [-0.05, 0) is 50.9 Å². The Morgan fingerprint density at radius 2 is 2.00 bits per heavy atom. The summed E-state index contributed by atoms with van der Waals surface area (Å²) in [5.41, 5.74) is 1.04. The summed E-state index contributed by atoms with van der Waals surface area (Å²) >= 11 is 0. The molecule has 1 fully saturated rings. The van der Waals surface area contributed by atoms with Crippen molar-refractivity contribution in [2.24, 2.45) is 5.92 Å². The Morgan fingerprint density at radius 1 is 1.32 bits per heavy atom. The van der Waals surface area contributed by atoms with Gasteiger partial charge < -0.3 is 10.2 Å². The van der Waals surface area contributed by atoms with Gasteiger partial charge in [0.1, 0.15) is 0 Å². The highest BCUT2D eigenvalue weighted by atomic mass is 35.5. The van der Waals surface area contributed by atoms with Crippen molar-refractivity contribution in [1.82, 2.24) is 5.32 Å². The summed E-state index contributed by atoms with van der Waals surface area (Å²) in [5, 5.41) is 3.08. The Morgan fingerprint density at radius 3 is 2.58 bits per heavy atom. The first-order chi connectivity index (χ1) is 8.81. The molecule has 1 aromatic carbocycles. The Balaban J connectivity index is 0.00000180. The summed E-state index contributed by atoms with van der Waals surface area (Å²) in [6, 6.07) is 10.0. The number of rotatable bonds is 7. The minimum atomic E-state index is 0. The van der Waals surface area contributed by atoms with Crippen LogP contribution >= 0.6 is 12.4 Å². The van der Waals surface area contributed by atoms with Crippen molar-refractivity contribution in [3.05, 3.63) is 30.3 Å². The molecule has 0 heterocycles. The predicted octanol–water partition coefficient (Wildman–Crippen LogP) is 2.85. The molecular formula is C15H23ClN2O. The van der Waals surface area contributed by atoms with Crippen LogP contribution in [0.25, 0.3) is 0 Å². The number of para-hydroxylation sites is 1. The van der Waals surface area contributed by atoms with Gasteiger partial charge in [0.25, 0.3) is 0 Å². The van der Waals surface area contributed by atoms with Crippen LogP contribution in [-0.2, 0) is 4.79 Å². The normalized spacial score (nSPS) is 13.7. The lowest BCUT2D eigenvalue weighted by Crippen LogP contribution is -2.33. The lowest BCUT2D eigenvalue weighted by atomic mass is 10.2.